The zero-order chi connectivity index (χ0) is 12.9. The van der Waals surface area contributed by atoms with Crippen molar-refractivity contribution in [3.8, 4) is 0 Å². The molecule has 3 rings (SSSR count). The van der Waals surface area contributed by atoms with Gasteiger partial charge in [-0.15, -0.1) is 0 Å². The van der Waals surface area contributed by atoms with Crippen LogP contribution in [0.1, 0.15) is 18.0 Å². The fourth-order valence-corrected chi connectivity index (χ4v) is 2.78. The molecule has 0 saturated carbocycles. The molecule has 2 aromatic carbocycles. The van der Waals surface area contributed by atoms with Gasteiger partial charge in [-0.25, -0.2) is 0 Å². The third kappa shape index (κ3) is 2.79. The fourth-order valence-electron chi connectivity index (χ4n) is 2.78. The van der Waals surface area contributed by atoms with Crippen molar-refractivity contribution in [2.24, 2.45) is 0 Å². The molecule has 0 radical (unpaired) electrons. The lowest BCUT2D eigenvalue weighted by atomic mass is 10.0. The highest BCUT2D eigenvalue weighted by atomic mass is 15.2. The van der Waals surface area contributed by atoms with Crippen LogP contribution < -0.4 is 10.2 Å². The maximum Gasteiger partial charge on any atom is 0.0666 e. The lowest BCUT2D eigenvalue weighted by Crippen LogP contribution is -2.32. The van der Waals surface area contributed by atoms with Gasteiger partial charge in [0.15, 0.2) is 0 Å². The summed E-state index contributed by atoms with van der Waals surface area (Å²) in [4.78, 5) is 2.52. The lowest BCUT2D eigenvalue weighted by molar-refractivity contribution is 0.617. The summed E-state index contributed by atoms with van der Waals surface area (Å²) in [7, 11) is 0. The largest absolute Gasteiger partial charge is 0.363 e. The molecule has 0 bridgehead atoms. The zero-order valence-corrected chi connectivity index (χ0v) is 11.1. The second-order valence-electron chi connectivity index (χ2n) is 5.01. The predicted octanol–water partition coefficient (Wildman–Crippen LogP) is 3.23. The van der Waals surface area contributed by atoms with Gasteiger partial charge in [0, 0.05) is 18.8 Å². The molecule has 19 heavy (non-hydrogen) atoms. The van der Waals surface area contributed by atoms with Crippen LogP contribution in [0.25, 0.3) is 0 Å². The molecule has 1 saturated heterocycles. The topological polar surface area (TPSA) is 15.3 Å². The first-order valence-corrected chi connectivity index (χ1v) is 7.02. The van der Waals surface area contributed by atoms with E-state index in [1.54, 1.807) is 0 Å². The highest BCUT2D eigenvalue weighted by molar-refractivity contribution is 5.49. The molecular weight excluding hydrogens is 232 g/mol. The third-order valence-electron chi connectivity index (χ3n) is 3.74. The van der Waals surface area contributed by atoms with Gasteiger partial charge in [-0.2, -0.15) is 0 Å². The van der Waals surface area contributed by atoms with Crippen LogP contribution in [0.15, 0.2) is 60.7 Å². The molecule has 1 aliphatic rings. The monoisotopic (exact) mass is 252 g/mol. The molecule has 1 aliphatic heterocycles. The first-order chi connectivity index (χ1) is 9.45. The molecule has 0 unspecified atom stereocenters. The van der Waals surface area contributed by atoms with E-state index in [9.17, 15) is 0 Å². The standard InChI is InChI=1S/C17H20N2/c1-3-8-15(9-4-1)17-14-18-12-7-13-19(17)16-10-5-2-6-11-16/h1-6,8-11,17-18H,7,12-14H2/t17-/m0/s1. The zero-order valence-electron chi connectivity index (χ0n) is 11.1. The van der Waals surface area contributed by atoms with Crippen molar-refractivity contribution >= 4 is 5.69 Å². The van der Waals surface area contributed by atoms with Gasteiger partial charge < -0.3 is 10.2 Å². The smallest absolute Gasteiger partial charge is 0.0666 e. The van der Waals surface area contributed by atoms with E-state index < -0.39 is 0 Å². The summed E-state index contributed by atoms with van der Waals surface area (Å²) in [5, 5.41) is 3.55. The molecule has 1 heterocycles. The fraction of sp³-hybridized carbons (Fsp3) is 0.294. The summed E-state index contributed by atoms with van der Waals surface area (Å²) in [6, 6.07) is 22.0. The van der Waals surface area contributed by atoms with E-state index in [1.165, 1.54) is 17.7 Å². The lowest BCUT2D eigenvalue weighted by Gasteiger charge is -2.32. The minimum atomic E-state index is 0.422. The maximum absolute atomic E-state index is 3.55. The van der Waals surface area contributed by atoms with Crippen molar-refractivity contribution in [2.45, 2.75) is 12.5 Å². The molecule has 0 aliphatic carbocycles. The molecule has 2 aromatic rings. The van der Waals surface area contributed by atoms with Crippen molar-refractivity contribution < 1.29 is 0 Å². The Morgan fingerprint density at radius 2 is 1.58 bits per heavy atom. The van der Waals surface area contributed by atoms with Crippen LogP contribution in [-0.4, -0.2) is 19.6 Å². The van der Waals surface area contributed by atoms with Gasteiger partial charge in [-0.3, -0.25) is 0 Å². The molecule has 0 amide bonds. The Hall–Kier alpha value is -1.80. The Morgan fingerprint density at radius 3 is 2.32 bits per heavy atom. The summed E-state index contributed by atoms with van der Waals surface area (Å²) < 4.78 is 0. The summed E-state index contributed by atoms with van der Waals surface area (Å²) in [5.74, 6) is 0. The van der Waals surface area contributed by atoms with Crippen LogP contribution in [-0.2, 0) is 0 Å². The normalized spacial score (nSPS) is 20.0. The van der Waals surface area contributed by atoms with Gasteiger partial charge in [0.1, 0.15) is 0 Å². The molecule has 98 valence electrons. The summed E-state index contributed by atoms with van der Waals surface area (Å²) in [5.41, 5.74) is 2.71. The van der Waals surface area contributed by atoms with Crippen molar-refractivity contribution in [1.82, 2.24) is 5.32 Å². The number of hydrogen-bond acceptors (Lipinski definition) is 2. The van der Waals surface area contributed by atoms with Crippen LogP contribution in [0, 0.1) is 0 Å². The first-order valence-electron chi connectivity index (χ1n) is 7.02. The SMILES string of the molecule is c1ccc([C@@H]2CNCCCN2c2ccccc2)cc1. The molecule has 2 nitrogen and oxygen atoms in total. The minimum Gasteiger partial charge on any atom is -0.363 e. The van der Waals surface area contributed by atoms with Crippen molar-refractivity contribution in [3.63, 3.8) is 0 Å². The minimum absolute atomic E-state index is 0.422. The van der Waals surface area contributed by atoms with Gasteiger partial charge in [0.2, 0.25) is 0 Å². The van der Waals surface area contributed by atoms with Gasteiger partial charge in [0.25, 0.3) is 0 Å². The van der Waals surface area contributed by atoms with E-state index in [0.29, 0.717) is 6.04 Å². The molecule has 1 atom stereocenters. The molecule has 1 fully saturated rings. The molecular formula is C17H20N2. The molecule has 0 spiro atoms. The highest BCUT2D eigenvalue weighted by Gasteiger charge is 2.22. The second-order valence-corrected chi connectivity index (χ2v) is 5.01. The Balaban J connectivity index is 1.94. The van der Waals surface area contributed by atoms with Crippen LogP contribution >= 0.6 is 0 Å². The molecule has 1 N–H and O–H groups in total. The van der Waals surface area contributed by atoms with Crippen molar-refractivity contribution in [2.75, 3.05) is 24.5 Å². The van der Waals surface area contributed by atoms with Gasteiger partial charge in [0.05, 0.1) is 6.04 Å². The number of rotatable bonds is 2. The Kier molecular flexibility index (Phi) is 3.80. The van der Waals surface area contributed by atoms with E-state index in [0.717, 1.165) is 19.6 Å². The summed E-state index contributed by atoms with van der Waals surface area (Å²) in [6.45, 7) is 3.22. The van der Waals surface area contributed by atoms with Gasteiger partial charge in [-0.1, -0.05) is 48.5 Å². The number of hydrogen-bond donors (Lipinski definition) is 1. The van der Waals surface area contributed by atoms with E-state index in [4.69, 9.17) is 0 Å². The van der Waals surface area contributed by atoms with Gasteiger partial charge >= 0.3 is 0 Å². The number of benzene rings is 2. The molecule has 0 aromatic heterocycles. The predicted molar refractivity (Wildman–Crippen MR) is 80.5 cm³/mol. The van der Waals surface area contributed by atoms with Crippen molar-refractivity contribution in [1.29, 1.82) is 0 Å². The summed E-state index contributed by atoms with van der Waals surface area (Å²) >= 11 is 0. The summed E-state index contributed by atoms with van der Waals surface area (Å²) in [6.07, 6.45) is 1.19. The number of nitrogens with one attached hydrogen (secondary N) is 1. The second kappa shape index (κ2) is 5.89. The molecule has 2 heteroatoms. The highest BCUT2D eigenvalue weighted by Crippen LogP contribution is 2.27. The first kappa shape index (κ1) is 12.2. The maximum atomic E-state index is 3.55. The third-order valence-corrected chi connectivity index (χ3v) is 3.74. The van der Waals surface area contributed by atoms with Crippen LogP contribution in [0.4, 0.5) is 5.69 Å². The average molecular weight is 252 g/mol. The number of para-hydroxylation sites is 1. The van der Waals surface area contributed by atoms with Crippen LogP contribution in [0.5, 0.6) is 0 Å². The quantitative estimate of drug-likeness (QED) is 0.882. The average Bonchev–Trinajstić information content (AvgIpc) is 2.75. The number of anilines is 1. The van der Waals surface area contributed by atoms with E-state index in [1.807, 2.05) is 0 Å². The Labute approximate surface area is 115 Å². The Bertz CT molecular complexity index is 448. The van der Waals surface area contributed by atoms with E-state index in [2.05, 4.69) is 70.9 Å². The number of nitrogens with zero attached hydrogens (tertiary/aromatic N) is 1. The van der Waals surface area contributed by atoms with Crippen LogP contribution in [0.3, 0.4) is 0 Å². The van der Waals surface area contributed by atoms with E-state index >= 15 is 0 Å². The van der Waals surface area contributed by atoms with Crippen LogP contribution in [0.2, 0.25) is 0 Å². The van der Waals surface area contributed by atoms with Crippen molar-refractivity contribution in [3.05, 3.63) is 66.2 Å². The van der Waals surface area contributed by atoms with E-state index in [-0.39, 0.29) is 0 Å². The van der Waals surface area contributed by atoms with Gasteiger partial charge in [-0.05, 0) is 30.7 Å². The Morgan fingerprint density at radius 1 is 0.895 bits per heavy atom.